The van der Waals surface area contributed by atoms with Crippen molar-refractivity contribution in [3.8, 4) is 0 Å². The van der Waals surface area contributed by atoms with Gasteiger partial charge in [-0.2, -0.15) is 0 Å². The fourth-order valence-corrected chi connectivity index (χ4v) is 2.73. The Balaban J connectivity index is 2.12. The summed E-state index contributed by atoms with van der Waals surface area (Å²) >= 11 is 22.8. The number of amides is 1. The number of halogens is 3. The third kappa shape index (κ3) is 6.66. The molecule has 0 saturated carbocycles. The Bertz CT molecular complexity index is 1000. The first-order chi connectivity index (χ1) is 14.0. The standard InChI is InChI=1S/C16H12Cl3N5O5S/c17-16(18,19)14(21-13(25)9-3-1-5-11(7-9)23(26)27)22-15(30)20-10-4-2-6-12(8-10)24(28)29/h1-8,14H,(H,21,25)(H2,20,22,30)/t14-/m1/s1. The third-order valence-electron chi connectivity index (χ3n) is 3.51. The SMILES string of the molecule is O=C(N[C@H](NC(=S)Nc1cccc([N+](=O)[O-])c1)C(Cl)(Cl)Cl)c1cccc([N+](=O)[O-])c1. The van der Waals surface area contributed by atoms with Gasteiger partial charge in [0.25, 0.3) is 17.3 Å². The van der Waals surface area contributed by atoms with Crippen LogP contribution in [0, 0.1) is 20.2 Å². The number of nitrogens with one attached hydrogen (secondary N) is 3. The van der Waals surface area contributed by atoms with Crippen molar-refractivity contribution in [2.24, 2.45) is 0 Å². The van der Waals surface area contributed by atoms with Crippen molar-refractivity contribution in [1.29, 1.82) is 0 Å². The third-order valence-corrected chi connectivity index (χ3v) is 4.39. The van der Waals surface area contributed by atoms with Crippen molar-refractivity contribution >= 4 is 75.1 Å². The molecule has 0 heterocycles. The summed E-state index contributed by atoms with van der Waals surface area (Å²) in [7, 11) is 0. The lowest BCUT2D eigenvalue weighted by molar-refractivity contribution is -0.385. The molecule has 2 aromatic rings. The minimum absolute atomic E-state index is 0.0391. The molecule has 14 heteroatoms. The first kappa shape index (κ1) is 23.5. The van der Waals surface area contributed by atoms with Gasteiger partial charge in [-0.25, -0.2) is 0 Å². The number of rotatable bonds is 6. The molecular weight excluding hydrogens is 481 g/mol. The molecule has 1 atom stereocenters. The molecule has 2 aromatic carbocycles. The van der Waals surface area contributed by atoms with E-state index in [1.807, 2.05) is 0 Å². The number of hydrogen-bond donors (Lipinski definition) is 3. The van der Waals surface area contributed by atoms with Crippen LogP contribution < -0.4 is 16.0 Å². The van der Waals surface area contributed by atoms with Crippen LogP contribution in [0.25, 0.3) is 0 Å². The molecule has 1 amide bonds. The number of nitro groups is 2. The second kappa shape index (κ2) is 9.85. The second-order valence-electron chi connectivity index (χ2n) is 5.66. The molecule has 0 aliphatic rings. The quantitative estimate of drug-likeness (QED) is 0.181. The van der Waals surface area contributed by atoms with E-state index in [1.54, 1.807) is 0 Å². The normalized spacial score (nSPS) is 11.8. The summed E-state index contributed by atoms with van der Waals surface area (Å²) in [5.41, 5.74) is -0.207. The highest BCUT2D eigenvalue weighted by atomic mass is 35.6. The van der Waals surface area contributed by atoms with Crippen molar-refractivity contribution in [2.45, 2.75) is 9.96 Å². The lowest BCUT2D eigenvalue weighted by Gasteiger charge is -2.27. The average molecular weight is 493 g/mol. The van der Waals surface area contributed by atoms with Gasteiger partial charge in [-0.3, -0.25) is 25.0 Å². The lowest BCUT2D eigenvalue weighted by atomic mass is 10.2. The van der Waals surface area contributed by atoms with Crippen LogP contribution in [-0.2, 0) is 0 Å². The Kier molecular flexibility index (Phi) is 7.73. The predicted molar refractivity (Wildman–Crippen MR) is 117 cm³/mol. The molecule has 0 radical (unpaired) electrons. The Morgan fingerprint density at radius 1 is 0.967 bits per heavy atom. The summed E-state index contributed by atoms with van der Waals surface area (Å²) in [6.45, 7) is 0. The minimum atomic E-state index is -2.06. The molecular formula is C16H12Cl3N5O5S. The number of carbonyl (C=O) groups excluding carboxylic acids is 1. The van der Waals surface area contributed by atoms with Crippen molar-refractivity contribution < 1.29 is 14.6 Å². The highest BCUT2D eigenvalue weighted by Crippen LogP contribution is 2.29. The topological polar surface area (TPSA) is 139 Å². The fourth-order valence-electron chi connectivity index (χ4n) is 2.17. The van der Waals surface area contributed by atoms with E-state index in [0.717, 1.165) is 6.07 Å². The van der Waals surface area contributed by atoms with E-state index in [2.05, 4.69) is 16.0 Å². The fraction of sp³-hybridized carbons (Fsp3) is 0.125. The summed E-state index contributed by atoms with van der Waals surface area (Å²) in [4.78, 5) is 32.9. The van der Waals surface area contributed by atoms with Gasteiger partial charge < -0.3 is 16.0 Å². The zero-order chi connectivity index (χ0) is 22.5. The van der Waals surface area contributed by atoms with Crippen molar-refractivity contribution in [3.05, 3.63) is 74.3 Å². The van der Waals surface area contributed by atoms with Gasteiger partial charge in [-0.15, -0.1) is 0 Å². The maximum absolute atomic E-state index is 12.4. The van der Waals surface area contributed by atoms with Crippen molar-refractivity contribution in [1.82, 2.24) is 10.6 Å². The maximum atomic E-state index is 12.4. The largest absolute Gasteiger partial charge is 0.339 e. The van der Waals surface area contributed by atoms with Gasteiger partial charge in [0.15, 0.2) is 5.11 Å². The molecule has 30 heavy (non-hydrogen) atoms. The van der Waals surface area contributed by atoms with Gasteiger partial charge in [-0.05, 0) is 24.4 Å². The summed E-state index contributed by atoms with van der Waals surface area (Å²) in [5, 5.41) is 29.3. The number of thiocarbonyl (C=S) groups is 1. The predicted octanol–water partition coefficient (Wildman–Crippen LogP) is 3.92. The number of alkyl halides is 3. The molecule has 2 rings (SSSR count). The van der Waals surface area contributed by atoms with Crippen LogP contribution in [0.1, 0.15) is 10.4 Å². The van der Waals surface area contributed by atoms with Gasteiger partial charge in [0.2, 0.25) is 3.79 Å². The number of nitro benzene ring substituents is 2. The zero-order valence-corrected chi connectivity index (χ0v) is 17.8. The van der Waals surface area contributed by atoms with Gasteiger partial charge in [0.05, 0.1) is 9.85 Å². The van der Waals surface area contributed by atoms with Crippen molar-refractivity contribution in [2.75, 3.05) is 5.32 Å². The molecule has 158 valence electrons. The molecule has 0 aliphatic heterocycles. The summed E-state index contributed by atoms with van der Waals surface area (Å²) in [6, 6.07) is 10.5. The van der Waals surface area contributed by atoms with Gasteiger partial charge in [0, 0.05) is 35.5 Å². The number of hydrogen-bond acceptors (Lipinski definition) is 6. The molecule has 0 unspecified atom stereocenters. The van der Waals surface area contributed by atoms with E-state index in [4.69, 9.17) is 47.0 Å². The van der Waals surface area contributed by atoms with Gasteiger partial charge >= 0.3 is 0 Å². The van der Waals surface area contributed by atoms with E-state index >= 15 is 0 Å². The average Bonchev–Trinajstić information content (AvgIpc) is 2.66. The number of carbonyl (C=O) groups is 1. The van der Waals surface area contributed by atoms with Crippen molar-refractivity contribution in [3.63, 3.8) is 0 Å². The first-order valence-electron chi connectivity index (χ1n) is 7.91. The zero-order valence-electron chi connectivity index (χ0n) is 14.7. The molecule has 0 fully saturated rings. The van der Waals surface area contributed by atoms with E-state index in [9.17, 15) is 25.0 Å². The molecule has 0 aliphatic carbocycles. The summed E-state index contributed by atoms with van der Waals surface area (Å²) < 4.78 is -2.06. The molecule has 0 spiro atoms. The Morgan fingerprint density at radius 2 is 1.53 bits per heavy atom. The van der Waals surface area contributed by atoms with Crippen LogP contribution in [-0.4, -0.2) is 30.8 Å². The minimum Gasteiger partial charge on any atom is -0.339 e. The summed E-state index contributed by atoms with van der Waals surface area (Å²) in [6.07, 6.45) is -1.34. The molecule has 0 aromatic heterocycles. The molecule has 3 N–H and O–H groups in total. The number of nitrogens with zero attached hydrogens (tertiary/aromatic N) is 2. The highest BCUT2D eigenvalue weighted by Gasteiger charge is 2.35. The van der Waals surface area contributed by atoms with Gasteiger partial charge in [0.1, 0.15) is 6.17 Å². The second-order valence-corrected chi connectivity index (χ2v) is 8.44. The van der Waals surface area contributed by atoms with Crippen LogP contribution in [0.4, 0.5) is 17.1 Å². The van der Waals surface area contributed by atoms with E-state index < -0.39 is 25.7 Å². The smallest absolute Gasteiger partial charge is 0.271 e. The lowest BCUT2D eigenvalue weighted by Crippen LogP contribution is -2.56. The van der Waals surface area contributed by atoms with E-state index in [0.29, 0.717) is 0 Å². The van der Waals surface area contributed by atoms with Crippen LogP contribution in [0.2, 0.25) is 0 Å². The van der Waals surface area contributed by atoms with Crippen LogP contribution >= 0.6 is 47.0 Å². The molecule has 10 nitrogen and oxygen atoms in total. The first-order valence-corrected chi connectivity index (χ1v) is 9.45. The van der Waals surface area contributed by atoms with Crippen LogP contribution in [0.15, 0.2) is 48.5 Å². The number of non-ortho nitro benzene ring substituents is 2. The highest BCUT2D eigenvalue weighted by molar-refractivity contribution is 7.80. The molecule has 0 bridgehead atoms. The monoisotopic (exact) mass is 491 g/mol. The Labute approximate surface area is 189 Å². The summed E-state index contributed by atoms with van der Waals surface area (Å²) in [5.74, 6) is -0.763. The molecule has 0 saturated heterocycles. The van der Waals surface area contributed by atoms with Crippen LogP contribution in [0.3, 0.4) is 0 Å². The van der Waals surface area contributed by atoms with Crippen LogP contribution in [0.5, 0.6) is 0 Å². The van der Waals surface area contributed by atoms with E-state index in [-0.39, 0.29) is 27.7 Å². The van der Waals surface area contributed by atoms with E-state index in [1.165, 1.54) is 42.5 Å². The van der Waals surface area contributed by atoms with Gasteiger partial charge in [-0.1, -0.05) is 46.9 Å². The Morgan fingerprint density at radius 3 is 2.10 bits per heavy atom. The Hall–Kier alpha value is -2.73. The number of anilines is 1. The number of benzene rings is 2. The maximum Gasteiger partial charge on any atom is 0.271 e.